The molecular formula is C21H16F3N7O5. The summed E-state index contributed by atoms with van der Waals surface area (Å²) in [7, 11) is 0. The Morgan fingerprint density at radius 1 is 1.17 bits per heavy atom. The number of anilines is 2. The number of alkyl halides is 3. The number of nitrogen functional groups attached to an aromatic ring is 1. The minimum Gasteiger partial charge on any atom is -0.369 e. The van der Waals surface area contributed by atoms with E-state index < -0.39 is 36.1 Å². The normalized spacial score (nSPS) is 13.8. The lowest BCUT2D eigenvalue weighted by molar-refractivity contribution is -0.170. The van der Waals surface area contributed by atoms with Gasteiger partial charge in [0, 0.05) is 12.1 Å². The molecule has 3 N–H and O–H groups in total. The minimum atomic E-state index is -5.24. The maximum absolute atomic E-state index is 13.3. The van der Waals surface area contributed by atoms with Gasteiger partial charge in [-0.05, 0) is 30.7 Å². The molecule has 0 spiro atoms. The first-order valence-electron chi connectivity index (χ1n) is 10.2. The summed E-state index contributed by atoms with van der Waals surface area (Å²) in [5.74, 6) is -3.85. The molecule has 3 heterocycles. The summed E-state index contributed by atoms with van der Waals surface area (Å²) in [6.07, 6.45) is -3.73. The third-order valence-electron chi connectivity index (χ3n) is 5.02. The van der Waals surface area contributed by atoms with Crippen molar-refractivity contribution in [1.82, 2.24) is 25.0 Å². The van der Waals surface area contributed by atoms with Crippen molar-refractivity contribution in [2.75, 3.05) is 10.6 Å². The van der Waals surface area contributed by atoms with Crippen LogP contribution in [0.2, 0.25) is 0 Å². The number of hydrogen-bond acceptors (Lipinski definition) is 9. The van der Waals surface area contributed by atoms with E-state index in [0.29, 0.717) is 17.0 Å². The van der Waals surface area contributed by atoms with Crippen LogP contribution in [0.1, 0.15) is 28.9 Å². The van der Waals surface area contributed by atoms with Crippen LogP contribution in [0.25, 0.3) is 11.2 Å². The molecule has 0 saturated carbocycles. The fraction of sp³-hybridized carbons (Fsp3) is 0.190. The van der Waals surface area contributed by atoms with Gasteiger partial charge in [-0.25, -0.2) is 14.8 Å². The number of allylic oxidation sites excluding steroid dienone is 1. The Labute approximate surface area is 199 Å². The van der Waals surface area contributed by atoms with Gasteiger partial charge in [-0.2, -0.15) is 18.2 Å². The fourth-order valence-electron chi connectivity index (χ4n) is 3.30. The number of nitrogens with zero attached hydrogens (tertiary/aromatic N) is 5. The van der Waals surface area contributed by atoms with Gasteiger partial charge in [0.05, 0.1) is 29.7 Å². The average molecular weight is 503 g/mol. The molecule has 1 saturated heterocycles. The van der Waals surface area contributed by atoms with Gasteiger partial charge in [-0.3, -0.25) is 24.3 Å². The van der Waals surface area contributed by atoms with E-state index in [0.717, 1.165) is 35.5 Å². The van der Waals surface area contributed by atoms with Crippen molar-refractivity contribution in [2.24, 2.45) is 0 Å². The van der Waals surface area contributed by atoms with E-state index in [1.54, 1.807) is 0 Å². The molecule has 2 aromatic heterocycles. The zero-order valence-corrected chi connectivity index (χ0v) is 18.2. The van der Waals surface area contributed by atoms with E-state index in [9.17, 15) is 32.3 Å². The number of carbonyl (C=O) groups excluding carboxylic acids is 3. The van der Waals surface area contributed by atoms with Crippen LogP contribution >= 0.6 is 0 Å². The number of aromatic nitrogens is 4. The van der Waals surface area contributed by atoms with Gasteiger partial charge in [0.15, 0.2) is 11.2 Å². The maximum atomic E-state index is 13.3. The van der Waals surface area contributed by atoms with Crippen LogP contribution in [-0.4, -0.2) is 49.0 Å². The van der Waals surface area contributed by atoms with Crippen molar-refractivity contribution < 1.29 is 32.4 Å². The van der Waals surface area contributed by atoms with Crippen molar-refractivity contribution >= 4 is 40.6 Å². The summed E-state index contributed by atoms with van der Waals surface area (Å²) in [5.41, 5.74) is 4.08. The molecule has 0 bridgehead atoms. The lowest BCUT2D eigenvalue weighted by Crippen LogP contribution is -2.41. The summed E-state index contributed by atoms with van der Waals surface area (Å²) in [5, 5.41) is 0.762. The number of fused-ring (bicyclic) bond motifs is 1. The number of carbonyl (C=O) groups is 3. The zero-order chi connectivity index (χ0) is 26.2. The summed E-state index contributed by atoms with van der Waals surface area (Å²) in [4.78, 5) is 67.5. The summed E-state index contributed by atoms with van der Waals surface area (Å²) in [6.45, 7) is 2.90. The summed E-state index contributed by atoms with van der Waals surface area (Å²) >= 11 is 0. The van der Waals surface area contributed by atoms with Crippen LogP contribution < -0.4 is 16.2 Å². The molecule has 1 fully saturated rings. The molecule has 1 aliphatic heterocycles. The van der Waals surface area contributed by atoms with E-state index >= 15 is 0 Å². The number of rotatable bonds is 5. The van der Waals surface area contributed by atoms with Crippen molar-refractivity contribution in [1.29, 1.82) is 0 Å². The second-order valence-corrected chi connectivity index (χ2v) is 7.55. The molecule has 15 heteroatoms. The topological polar surface area (TPSA) is 164 Å². The summed E-state index contributed by atoms with van der Waals surface area (Å²) < 4.78 is 40.0. The van der Waals surface area contributed by atoms with Gasteiger partial charge in [-0.1, -0.05) is 6.58 Å². The van der Waals surface area contributed by atoms with Crippen molar-refractivity contribution in [3.05, 3.63) is 64.3 Å². The van der Waals surface area contributed by atoms with Crippen molar-refractivity contribution in [3.63, 3.8) is 0 Å². The lowest BCUT2D eigenvalue weighted by atomic mass is 10.2. The predicted octanol–water partition coefficient (Wildman–Crippen LogP) is 1.60. The van der Waals surface area contributed by atoms with Crippen LogP contribution in [0.5, 0.6) is 0 Å². The van der Waals surface area contributed by atoms with Crippen molar-refractivity contribution in [3.8, 4) is 0 Å². The highest BCUT2D eigenvalue weighted by Crippen LogP contribution is 2.27. The van der Waals surface area contributed by atoms with Gasteiger partial charge >= 0.3 is 18.1 Å². The van der Waals surface area contributed by atoms with Crippen LogP contribution in [0, 0.1) is 0 Å². The standard InChI is InChI=1S/C21H16F3N7O5/c1-10-2-7-14(32)31(10)36-18(34)11-3-5-13(6-4-11)30(19(35)21(22,23)24)9-12-8-26-16-15(27-12)17(33)29-20(25)28-16/h3-6,8H,1-2,7,9H2,(H3,25,26,28,29,33). The monoisotopic (exact) mass is 503 g/mol. The number of hydroxylamine groups is 2. The molecule has 4 rings (SSSR count). The fourth-order valence-corrected chi connectivity index (χ4v) is 3.30. The number of amides is 2. The second kappa shape index (κ2) is 9.09. The average Bonchev–Trinajstić information content (AvgIpc) is 3.14. The summed E-state index contributed by atoms with van der Waals surface area (Å²) in [6, 6.07) is 4.43. The van der Waals surface area contributed by atoms with E-state index in [2.05, 4.69) is 26.5 Å². The Balaban J connectivity index is 1.61. The number of hydrogen-bond donors (Lipinski definition) is 2. The lowest BCUT2D eigenvalue weighted by Gasteiger charge is -2.24. The Morgan fingerprint density at radius 2 is 1.86 bits per heavy atom. The van der Waals surface area contributed by atoms with Crippen LogP contribution in [0.4, 0.5) is 24.8 Å². The third kappa shape index (κ3) is 4.84. The number of benzene rings is 1. The Kier molecular flexibility index (Phi) is 6.14. The first-order chi connectivity index (χ1) is 16.9. The molecule has 3 aromatic rings. The highest BCUT2D eigenvalue weighted by atomic mass is 19.4. The molecule has 2 amide bonds. The van der Waals surface area contributed by atoms with Gasteiger partial charge in [-0.15, -0.1) is 5.06 Å². The van der Waals surface area contributed by atoms with Crippen molar-refractivity contribution in [2.45, 2.75) is 25.6 Å². The second-order valence-electron chi connectivity index (χ2n) is 7.55. The highest BCUT2D eigenvalue weighted by Gasteiger charge is 2.43. The third-order valence-corrected chi connectivity index (χ3v) is 5.02. The quantitative estimate of drug-likeness (QED) is 0.526. The molecular weight excluding hydrogens is 487 g/mol. The smallest absolute Gasteiger partial charge is 0.369 e. The SMILES string of the molecule is C=C1CCC(=O)N1OC(=O)c1ccc(N(Cc2cnc3nc(N)[nH]c(=O)c3n2)C(=O)C(F)(F)F)cc1. The molecule has 1 aliphatic rings. The molecule has 0 unspecified atom stereocenters. The van der Waals surface area contributed by atoms with Gasteiger partial charge in [0.2, 0.25) is 5.95 Å². The van der Waals surface area contributed by atoms with E-state index in [-0.39, 0.29) is 40.5 Å². The molecule has 12 nitrogen and oxygen atoms in total. The van der Waals surface area contributed by atoms with Crippen LogP contribution in [0.3, 0.4) is 0 Å². The molecule has 36 heavy (non-hydrogen) atoms. The number of nitrogens with two attached hydrogens (primary N) is 1. The zero-order valence-electron chi connectivity index (χ0n) is 18.2. The number of H-pyrrole nitrogens is 1. The van der Waals surface area contributed by atoms with Gasteiger partial charge in [0.25, 0.3) is 11.5 Å². The number of aromatic amines is 1. The Bertz CT molecular complexity index is 1440. The Morgan fingerprint density at radius 3 is 2.47 bits per heavy atom. The number of halogens is 3. The highest BCUT2D eigenvalue weighted by molar-refractivity contribution is 5.98. The van der Waals surface area contributed by atoms with Crippen LogP contribution in [-0.2, 0) is 21.0 Å². The largest absolute Gasteiger partial charge is 0.471 e. The minimum absolute atomic E-state index is 0.0913. The van der Waals surface area contributed by atoms with Crippen LogP contribution in [0.15, 0.2) is 47.5 Å². The molecule has 1 aromatic carbocycles. The van der Waals surface area contributed by atoms with E-state index in [4.69, 9.17) is 10.6 Å². The molecule has 186 valence electrons. The van der Waals surface area contributed by atoms with Gasteiger partial charge < -0.3 is 10.6 Å². The Hall–Kier alpha value is -4.82. The molecule has 0 radical (unpaired) electrons. The first kappa shape index (κ1) is 24.3. The molecule has 0 atom stereocenters. The van der Waals surface area contributed by atoms with Gasteiger partial charge in [0.1, 0.15) is 0 Å². The van der Waals surface area contributed by atoms with E-state index in [1.807, 2.05) is 0 Å². The maximum Gasteiger partial charge on any atom is 0.471 e. The molecule has 0 aliphatic carbocycles. The predicted molar refractivity (Wildman–Crippen MR) is 117 cm³/mol. The first-order valence-corrected chi connectivity index (χ1v) is 10.2. The number of nitrogens with one attached hydrogen (secondary N) is 1. The van der Waals surface area contributed by atoms with E-state index in [1.165, 1.54) is 0 Å².